The number of unbranched alkanes of at least 4 members (excludes halogenated alkanes) is 16. The summed E-state index contributed by atoms with van der Waals surface area (Å²) in [5.41, 5.74) is 1.19. The van der Waals surface area contributed by atoms with Crippen LogP contribution in [0.1, 0.15) is 128 Å². The van der Waals surface area contributed by atoms with E-state index >= 15 is 0 Å². The first-order valence-electron chi connectivity index (χ1n) is 19.9. The Hall–Kier alpha value is -0.480. The van der Waals surface area contributed by atoms with Crippen molar-refractivity contribution in [3.05, 3.63) is 30.3 Å². The topological polar surface area (TPSA) is 221 Å². The maximum Gasteiger partial charge on any atom is 0.264 e. The molecule has 0 aliphatic carbocycles. The van der Waals surface area contributed by atoms with E-state index in [1.807, 2.05) is 6.07 Å². The number of rotatable bonds is 37. The van der Waals surface area contributed by atoms with Gasteiger partial charge in [0, 0.05) is 18.3 Å². The number of nitrogens with zero attached hydrogens (tertiary/aromatic N) is 1. The minimum absolute atomic E-state index is 0.207. The molecule has 0 bridgehead atoms. The van der Waals surface area contributed by atoms with Crippen LogP contribution < -0.4 is 4.90 Å². The Morgan fingerprint density at radius 2 is 0.600 bits per heavy atom. The Morgan fingerprint density at radius 1 is 0.364 bits per heavy atom. The fourth-order valence-electron chi connectivity index (χ4n) is 6.44. The summed E-state index contributed by atoms with van der Waals surface area (Å²) in [5.74, 6) is -0.829. The summed E-state index contributed by atoms with van der Waals surface area (Å²) in [5, 5.41) is 0. The van der Waals surface area contributed by atoms with Gasteiger partial charge in [-0.15, -0.1) is 0 Å². The van der Waals surface area contributed by atoms with Crippen molar-refractivity contribution in [2.24, 2.45) is 0 Å². The molecular weight excluding hydrogens is 829 g/mol. The van der Waals surface area contributed by atoms with E-state index < -0.39 is 40.5 Å². The third-order valence-corrected chi connectivity index (χ3v) is 17.9. The summed E-state index contributed by atoms with van der Waals surface area (Å²) in [6.07, 6.45) is 22.8. The molecule has 0 fully saturated rings. The van der Waals surface area contributed by atoms with Gasteiger partial charge >= 0.3 is 0 Å². The zero-order valence-electron chi connectivity index (χ0n) is 32.6. The van der Waals surface area contributed by atoms with Crippen LogP contribution in [0.5, 0.6) is 0 Å². The van der Waals surface area contributed by atoms with E-state index in [0.717, 1.165) is 140 Å². The molecular formula is C36H69NO12P2S4. The third-order valence-electron chi connectivity index (χ3n) is 9.37. The van der Waals surface area contributed by atoms with Gasteiger partial charge in [-0.2, -0.15) is 33.7 Å². The molecule has 0 aliphatic rings. The predicted octanol–water partition coefficient (Wildman–Crippen LogP) is 8.73. The SMILES string of the molecule is O=S(=O)(O)CCCCCCCP(CCCCCCCS(=O)(=O)O)CN(CP(CCCCCCCS(=O)(=O)O)CCCCCCCS(=O)(=O)O)c1ccccc1. The lowest BCUT2D eigenvalue weighted by Crippen LogP contribution is -2.26. The van der Waals surface area contributed by atoms with E-state index in [1.54, 1.807) is 0 Å². The molecule has 1 aromatic carbocycles. The molecule has 19 heteroatoms. The Kier molecular flexibility index (Phi) is 28.4. The van der Waals surface area contributed by atoms with Crippen LogP contribution in [0.2, 0.25) is 0 Å². The van der Waals surface area contributed by atoms with E-state index in [-0.39, 0.29) is 38.9 Å². The van der Waals surface area contributed by atoms with Gasteiger partial charge in [-0.3, -0.25) is 18.2 Å². The fourth-order valence-corrected chi connectivity index (χ4v) is 14.1. The standard InChI is InChI=1S/C36H69NO12P2S4/c38-52(39,40)30-20-9-1-5-16-26-50(27-17-6-2-10-21-31-53(41,42)43)34-37(36-24-14-13-15-25-36)35-51(28-18-7-3-11-22-32-54(44,45)46)29-19-8-4-12-23-33-55(47,48)49/h13-15,24-25H,1-12,16-23,26-35H2,(H,38,39,40)(H,41,42,43)(H,44,45,46)(H,47,48,49). The van der Waals surface area contributed by atoms with Crippen molar-refractivity contribution in [2.75, 3.05) is 65.1 Å². The van der Waals surface area contributed by atoms with Crippen molar-refractivity contribution >= 4 is 62.0 Å². The van der Waals surface area contributed by atoms with Crippen molar-refractivity contribution in [2.45, 2.75) is 128 Å². The Labute approximate surface area is 336 Å². The normalized spacial score (nSPS) is 12.9. The van der Waals surface area contributed by atoms with E-state index in [2.05, 4.69) is 29.2 Å². The number of para-hydroxylation sites is 1. The van der Waals surface area contributed by atoms with Crippen LogP contribution in [0.25, 0.3) is 0 Å². The Bertz CT molecular complexity index is 1380. The largest absolute Gasteiger partial charge is 0.363 e. The molecule has 0 heterocycles. The maximum absolute atomic E-state index is 11.1. The van der Waals surface area contributed by atoms with Crippen molar-refractivity contribution in [3.63, 3.8) is 0 Å². The van der Waals surface area contributed by atoms with Crippen molar-refractivity contribution < 1.29 is 51.9 Å². The lowest BCUT2D eigenvalue weighted by atomic mass is 10.2. The highest BCUT2D eigenvalue weighted by Crippen LogP contribution is 2.45. The van der Waals surface area contributed by atoms with Crippen LogP contribution in [0, 0.1) is 0 Å². The quantitative estimate of drug-likeness (QED) is 0.0279. The fraction of sp³-hybridized carbons (Fsp3) is 0.833. The molecule has 0 atom stereocenters. The van der Waals surface area contributed by atoms with Gasteiger partial charge in [0.15, 0.2) is 0 Å². The van der Waals surface area contributed by atoms with Crippen molar-refractivity contribution in [3.8, 4) is 0 Å². The molecule has 0 aliphatic heterocycles. The molecule has 0 unspecified atom stereocenters. The van der Waals surface area contributed by atoms with Gasteiger partial charge in [-0.05, 0) is 88.1 Å². The second kappa shape index (κ2) is 29.7. The molecule has 0 aromatic heterocycles. The second-order valence-corrected chi connectivity index (χ2v) is 25.9. The van der Waals surface area contributed by atoms with E-state index in [0.29, 0.717) is 25.7 Å². The van der Waals surface area contributed by atoms with E-state index in [9.17, 15) is 33.7 Å². The number of anilines is 1. The van der Waals surface area contributed by atoms with Gasteiger partial charge < -0.3 is 4.90 Å². The molecule has 55 heavy (non-hydrogen) atoms. The van der Waals surface area contributed by atoms with Crippen LogP contribution in [0.4, 0.5) is 5.69 Å². The summed E-state index contributed by atoms with van der Waals surface area (Å²) in [4.78, 5) is 2.56. The number of hydrogen-bond donors (Lipinski definition) is 4. The van der Waals surface area contributed by atoms with Crippen LogP contribution in [0.15, 0.2) is 30.3 Å². The Balaban J connectivity index is 2.97. The molecule has 4 N–H and O–H groups in total. The minimum atomic E-state index is -3.94. The highest BCUT2D eigenvalue weighted by molar-refractivity contribution is 7.86. The average Bonchev–Trinajstić information content (AvgIpc) is 3.07. The first-order valence-corrected chi connectivity index (χ1v) is 30.1. The van der Waals surface area contributed by atoms with Gasteiger partial charge in [0.25, 0.3) is 40.5 Å². The van der Waals surface area contributed by atoms with E-state index in [1.165, 1.54) is 5.69 Å². The maximum atomic E-state index is 11.1. The minimum Gasteiger partial charge on any atom is -0.363 e. The lowest BCUT2D eigenvalue weighted by Gasteiger charge is -2.34. The zero-order chi connectivity index (χ0) is 41.1. The monoisotopic (exact) mass is 897 g/mol. The molecule has 1 aromatic rings. The van der Waals surface area contributed by atoms with Crippen LogP contribution in [-0.2, 0) is 40.5 Å². The van der Waals surface area contributed by atoms with Gasteiger partial charge in [0.1, 0.15) is 0 Å². The van der Waals surface area contributed by atoms with Crippen LogP contribution in [-0.4, -0.2) is 112 Å². The highest BCUT2D eigenvalue weighted by atomic mass is 32.2. The van der Waals surface area contributed by atoms with Crippen molar-refractivity contribution in [1.29, 1.82) is 0 Å². The molecule has 0 spiro atoms. The second-order valence-electron chi connectivity index (χ2n) is 14.6. The molecule has 0 saturated heterocycles. The molecule has 0 amide bonds. The van der Waals surface area contributed by atoms with Crippen molar-refractivity contribution in [1.82, 2.24) is 0 Å². The summed E-state index contributed by atoms with van der Waals surface area (Å²) < 4.78 is 125. The summed E-state index contributed by atoms with van der Waals surface area (Å²) in [7, 11) is -16.5. The van der Waals surface area contributed by atoms with E-state index in [4.69, 9.17) is 18.2 Å². The predicted molar refractivity (Wildman–Crippen MR) is 230 cm³/mol. The molecule has 13 nitrogen and oxygen atoms in total. The lowest BCUT2D eigenvalue weighted by molar-refractivity contribution is 0.476. The summed E-state index contributed by atoms with van der Waals surface area (Å²) in [6, 6.07) is 10.5. The third kappa shape index (κ3) is 35.2. The van der Waals surface area contributed by atoms with Crippen LogP contribution >= 0.6 is 15.8 Å². The van der Waals surface area contributed by atoms with Gasteiger partial charge in [0.05, 0.1) is 23.0 Å². The first kappa shape index (κ1) is 52.5. The molecule has 0 radical (unpaired) electrons. The summed E-state index contributed by atoms with van der Waals surface area (Å²) >= 11 is 0. The van der Waals surface area contributed by atoms with Crippen LogP contribution in [0.3, 0.4) is 0 Å². The highest BCUT2D eigenvalue weighted by Gasteiger charge is 2.19. The van der Waals surface area contributed by atoms with Gasteiger partial charge in [-0.1, -0.05) is 111 Å². The first-order chi connectivity index (χ1) is 25.8. The molecule has 1 rings (SSSR count). The average molecular weight is 898 g/mol. The number of hydrogen-bond acceptors (Lipinski definition) is 9. The number of benzene rings is 1. The summed E-state index contributed by atoms with van der Waals surface area (Å²) in [6.45, 7) is 0. The Morgan fingerprint density at radius 3 is 0.855 bits per heavy atom. The van der Waals surface area contributed by atoms with Gasteiger partial charge in [-0.25, -0.2) is 0 Å². The zero-order valence-corrected chi connectivity index (χ0v) is 37.7. The molecule has 324 valence electrons. The van der Waals surface area contributed by atoms with Gasteiger partial charge in [0.2, 0.25) is 0 Å². The smallest absolute Gasteiger partial charge is 0.264 e. The molecule has 0 saturated carbocycles.